The molecule has 0 aliphatic carbocycles. The molecule has 1 aromatic heterocycles. The Hall–Kier alpha value is -2.01. The van der Waals surface area contributed by atoms with E-state index in [9.17, 15) is 0 Å². The maximum absolute atomic E-state index is 5.92. The lowest BCUT2D eigenvalue weighted by Gasteiger charge is -2.22. The lowest BCUT2D eigenvalue weighted by molar-refractivity contribution is 0.285. The number of nitrogens with one attached hydrogen (secondary N) is 1. The summed E-state index contributed by atoms with van der Waals surface area (Å²) in [6.45, 7) is 4.95. The zero-order valence-electron chi connectivity index (χ0n) is 15.6. The van der Waals surface area contributed by atoms with Gasteiger partial charge in [-0.3, -0.25) is 5.10 Å². The van der Waals surface area contributed by atoms with Crippen LogP contribution >= 0.6 is 0 Å². The Morgan fingerprint density at radius 2 is 2.08 bits per heavy atom. The number of fused-ring (bicyclic) bond motifs is 1. The fourth-order valence-corrected chi connectivity index (χ4v) is 3.31. The molecule has 2 aromatic rings. The summed E-state index contributed by atoms with van der Waals surface area (Å²) in [4.78, 5) is 2.33. The molecule has 1 aromatic carbocycles. The van der Waals surface area contributed by atoms with Crippen molar-refractivity contribution in [2.75, 3.05) is 27.3 Å². The van der Waals surface area contributed by atoms with Crippen LogP contribution in [0.1, 0.15) is 43.9 Å². The summed E-state index contributed by atoms with van der Waals surface area (Å²) in [6.07, 6.45) is 5.82. The van der Waals surface area contributed by atoms with Gasteiger partial charge in [-0.15, -0.1) is 0 Å². The largest absolute Gasteiger partial charge is 0.493 e. The van der Waals surface area contributed by atoms with Gasteiger partial charge in [0.25, 0.3) is 0 Å². The molecule has 1 aliphatic heterocycles. The van der Waals surface area contributed by atoms with Gasteiger partial charge >= 0.3 is 0 Å². The Bertz CT molecular complexity index is 696. The minimum Gasteiger partial charge on any atom is -0.493 e. The van der Waals surface area contributed by atoms with E-state index in [1.165, 1.54) is 30.5 Å². The molecule has 0 fully saturated rings. The van der Waals surface area contributed by atoms with Gasteiger partial charge < -0.3 is 14.4 Å². The molecule has 0 spiro atoms. The van der Waals surface area contributed by atoms with Crippen LogP contribution in [0.3, 0.4) is 0 Å². The second-order valence-electron chi connectivity index (χ2n) is 6.79. The zero-order valence-corrected chi connectivity index (χ0v) is 15.6. The second-order valence-corrected chi connectivity index (χ2v) is 6.79. The van der Waals surface area contributed by atoms with Gasteiger partial charge in [-0.1, -0.05) is 26.2 Å². The molecule has 0 bridgehead atoms. The quantitative estimate of drug-likeness (QED) is 0.735. The first kappa shape index (κ1) is 17.8. The Morgan fingerprint density at radius 3 is 2.88 bits per heavy atom. The molecule has 0 amide bonds. The van der Waals surface area contributed by atoms with Gasteiger partial charge in [0.2, 0.25) is 0 Å². The van der Waals surface area contributed by atoms with Gasteiger partial charge in [0.15, 0.2) is 11.5 Å². The van der Waals surface area contributed by atoms with E-state index in [2.05, 4.69) is 35.1 Å². The maximum atomic E-state index is 5.92. The van der Waals surface area contributed by atoms with Crippen molar-refractivity contribution in [1.29, 1.82) is 0 Å². The Morgan fingerprint density at radius 1 is 1.20 bits per heavy atom. The van der Waals surface area contributed by atoms with Crippen molar-refractivity contribution in [3.8, 4) is 22.8 Å². The normalized spacial score (nSPS) is 14.4. The number of unbranched alkanes of at least 4 members (excludes halogenated alkanes) is 3. The van der Waals surface area contributed by atoms with E-state index in [4.69, 9.17) is 9.47 Å². The highest BCUT2D eigenvalue weighted by Gasteiger charge is 2.21. The van der Waals surface area contributed by atoms with Crippen LogP contribution in [0.2, 0.25) is 0 Å². The zero-order chi connectivity index (χ0) is 17.6. The summed E-state index contributed by atoms with van der Waals surface area (Å²) in [5, 5.41) is 7.76. The molecule has 1 N–H and O–H groups in total. The van der Waals surface area contributed by atoms with Crippen molar-refractivity contribution in [1.82, 2.24) is 15.1 Å². The first-order valence-electron chi connectivity index (χ1n) is 9.28. The van der Waals surface area contributed by atoms with Crippen molar-refractivity contribution in [2.45, 2.75) is 45.6 Å². The predicted octanol–water partition coefficient (Wildman–Crippen LogP) is 4.03. The second kappa shape index (κ2) is 8.39. The highest BCUT2D eigenvalue weighted by atomic mass is 16.5. The number of ether oxygens (including phenoxy) is 2. The Balaban J connectivity index is 1.75. The van der Waals surface area contributed by atoms with Gasteiger partial charge in [-0.25, -0.2) is 0 Å². The summed E-state index contributed by atoms with van der Waals surface area (Å²) >= 11 is 0. The number of rotatable bonds is 8. The number of hydrogen-bond donors (Lipinski definition) is 1. The van der Waals surface area contributed by atoms with Gasteiger partial charge in [0.1, 0.15) is 0 Å². The molecule has 3 rings (SSSR count). The fourth-order valence-electron chi connectivity index (χ4n) is 3.31. The number of aromatic nitrogens is 2. The van der Waals surface area contributed by atoms with E-state index in [1.807, 2.05) is 12.1 Å². The molecule has 2 heterocycles. The van der Waals surface area contributed by atoms with Crippen LogP contribution in [0.15, 0.2) is 18.2 Å². The molecule has 0 saturated carbocycles. The molecule has 0 atom stereocenters. The number of aromatic amines is 1. The van der Waals surface area contributed by atoms with Crippen LogP contribution in [0.25, 0.3) is 11.3 Å². The average molecular weight is 343 g/mol. The number of likely N-dealkylation sites (N-methyl/N-ethyl adjacent to an activating group) is 1. The van der Waals surface area contributed by atoms with Crippen LogP contribution in [-0.4, -0.2) is 42.4 Å². The molecule has 0 radical (unpaired) electrons. The number of benzene rings is 1. The molecular weight excluding hydrogens is 314 g/mol. The summed E-state index contributed by atoms with van der Waals surface area (Å²) in [7, 11) is 3.84. The molecular formula is C20H29N3O2. The molecule has 0 saturated heterocycles. The third kappa shape index (κ3) is 4.15. The minimum absolute atomic E-state index is 0.734. The monoisotopic (exact) mass is 343 g/mol. The lowest BCUT2D eigenvalue weighted by Crippen LogP contribution is -2.26. The Labute approximate surface area is 150 Å². The van der Waals surface area contributed by atoms with Crippen molar-refractivity contribution in [2.24, 2.45) is 0 Å². The van der Waals surface area contributed by atoms with Crippen LogP contribution in [0.4, 0.5) is 0 Å². The number of nitrogens with zero attached hydrogens (tertiary/aromatic N) is 2. The first-order chi connectivity index (χ1) is 12.2. The fraction of sp³-hybridized carbons (Fsp3) is 0.550. The number of H-pyrrole nitrogens is 1. The summed E-state index contributed by atoms with van der Waals surface area (Å²) in [5.74, 6) is 1.58. The van der Waals surface area contributed by atoms with Crippen molar-refractivity contribution in [3.63, 3.8) is 0 Å². The third-order valence-corrected chi connectivity index (χ3v) is 4.82. The molecule has 5 nitrogen and oxygen atoms in total. The standard InChI is InChI=1S/C20H29N3O2/c1-4-5-6-7-12-25-18-9-8-15(13-19(18)24-3)20-16-14-23(2)11-10-17(16)21-22-20/h8-9,13H,4-7,10-12,14H2,1-3H3,(H,21,22). The maximum Gasteiger partial charge on any atom is 0.161 e. The van der Waals surface area contributed by atoms with Gasteiger partial charge in [0.05, 0.1) is 19.4 Å². The number of methoxy groups -OCH3 is 1. The summed E-state index contributed by atoms with van der Waals surface area (Å²) in [5.41, 5.74) is 4.64. The third-order valence-electron chi connectivity index (χ3n) is 4.82. The van der Waals surface area contributed by atoms with Crippen LogP contribution in [-0.2, 0) is 13.0 Å². The van der Waals surface area contributed by atoms with E-state index in [-0.39, 0.29) is 0 Å². The highest BCUT2D eigenvalue weighted by molar-refractivity contribution is 5.67. The minimum atomic E-state index is 0.734. The van der Waals surface area contributed by atoms with Crippen molar-refractivity contribution in [3.05, 3.63) is 29.5 Å². The van der Waals surface area contributed by atoms with E-state index in [0.717, 1.165) is 55.3 Å². The average Bonchev–Trinajstić information content (AvgIpc) is 3.04. The predicted molar refractivity (Wildman–Crippen MR) is 100 cm³/mol. The summed E-state index contributed by atoms with van der Waals surface area (Å²) < 4.78 is 11.5. The SMILES string of the molecule is CCCCCCOc1ccc(-c2n[nH]c3c2CN(C)CC3)cc1OC. The smallest absolute Gasteiger partial charge is 0.161 e. The van der Waals surface area contributed by atoms with E-state index < -0.39 is 0 Å². The lowest BCUT2D eigenvalue weighted by atomic mass is 10.0. The first-order valence-corrected chi connectivity index (χ1v) is 9.28. The van der Waals surface area contributed by atoms with Gasteiger partial charge in [-0.2, -0.15) is 5.10 Å². The van der Waals surface area contributed by atoms with E-state index in [1.54, 1.807) is 7.11 Å². The summed E-state index contributed by atoms with van der Waals surface area (Å²) in [6, 6.07) is 6.11. The molecule has 136 valence electrons. The van der Waals surface area contributed by atoms with E-state index in [0.29, 0.717) is 0 Å². The van der Waals surface area contributed by atoms with Crippen LogP contribution in [0, 0.1) is 0 Å². The molecule has 25 heavy (non-hydrogen) atoms. The van der Waals surface area contributed by atoms with Gasteiger partial charge in [-0.05, 0) is 31.7 Å². The topological polar surface area (TPSA) is 50.4 Å². The molecule has 5 heteroatoms. The van der Waals surface area contributed by atoms with Crippen molar-refractivity contribution < 1.29 is 9.47 Å². The Kier molecular flexibility index (Phi) is 5.97. The highest BCUT2D eigenvalue weighted by Crippen LogP contribution is 2.35. The van der Waals surface area contributed by atoms with Crippen LogP contribution in [0.5, 0.6) is 11.5 Å². The van der Waals surface area contributed by atoms with E-state index >= 15 is 0 Å². The molecule has 1 aliphatic rings. The molecule has 0 unspecified atom stereocenters. The number of hydrogen-bond acceptors (Lipinski definition) is 4. The van der Waals surface area contributed by atoms with Crippen molar-refractivity contribution >= 4 is 0 Å². The van der Waals surface area contributed by atoms with Crippen LogP contribution < -0.4 is 9.47 Å². The van der Waals surface area contributed by atoms with Gasteiger partial charge in [0, 0.05) is 36.3 Å².